The Labute approximate surface area is 136 Å². The molecule has 0 aliphatic rings. The highest BCUT2D eigenvalue weighted by Crippen LogP contribution is 2.22. The molecular weight excluding hydrogens is 320 g/mol. The molecule has 0 atom stereocenters. The zero-order valence-electron chi connectivity index (χ0n) is 12.9. The first-order chi connectivity index (χ1) is 10.9. The second-order valence-corrected chi connectivity index (χ2v) is 6.55. The van der Waals surface area contributed by atoms with E-state index in [1.54, 1.807) is 0 Å². The molecule has 0 saturated heterocycles. The van der Waals surface area contributed by atoms with Crippen LogP contribution in [0.4, 0.5) is 5.69 Å². The second-order valence-electron chi connectivity index (χ2n) is 5.02. The van der Waals surface area contributed by atoms with E-state index in [4.69, 9.17) is 4.42 Å². The third-order valence-electron chi connectivity index (χ3n) is 2.93. The fraction of sp³-hybridized carbons (Fsp3) is 0.357. The Kier molecular flexibility index (Phi) is 5.32. The molecule has 0 bridgehead atoms. The van der Waals surface area contributed by atoms with Crippen LogP contribution in [0.15, 0.2) is 27.8 Å². The number of nitro benzene ring substituents is 1. The summed E-state index contributed by atoms with van der Waals surface area (Å²) >= 11 is 1.43. The minimum absolute atomic E-state index is 0.0621. The number of nitro groups is 1. The van der Waals surface area contributed by atoms with Crippen molar-refractivity contribution in [1.29, 1.82) is 0 Å². The molecule has 0 aliphatic carbocycles. The van der Waals surface area contributed by atoms with Gasteiger partial charge in [-0.25, -0.2) is 0 Å². The molecule has 23 heavy (non-hydrogen) atoms. The molecule has 9 heteroatoms. The predicted molar refractivity (Wildman–Crippen MR) is 84.3 cm³/mol. The summed E-state index contributed by atoms with van der Waals surface area (Å²) in [5.74, 6) is -0.146. The van der Waals surface area contributed by atoms with Gasteiger partial charge in [-0.05, 0) is 13.0 Å². The molecule has 1 heterocycles. The number of nitrogens with zero attached hydrogens (tertiary/aromatic N) is 3. The van der Waals surface area contributed by atoms with Crippen LogP contribution >= 0.6 is 11.8 Å². The van der Waals surface area contributed by atoms with Gasteiger partial charge in [-0.1, -0.05) is 31.7 Å². The summed E-state index contributed by atoms with van der Waals surface area (Å²) in [6, 6.07) is 4.37. The van der Waals surface area contributed by atoms with E-state index in [2.05, 4.69) is 15.5 Å². The van der Waals surface area contributed by atoms with E-state index >= 15 is 0 Å². The molecule has 0 saturated carbocycles. The zero-order valence-corrected chi connectivity index (χ0v) is 13.7. The van der Waals surface area contributed by atoms with Gasteiger partial charge in [0.15, 0.2) is 0 Å². The van der Waals surface area contributed by atoms with Gasteiger partial charge in [-0.2, -0.15) is 0 Å². The molecule has 2 rings (SSSR count). The predicted octanol–water partition coefficient (Wildman–Crippen LogP) is 2.72. The SMILES string of the molecule is Cc1c(C(=O)NCc2nnc(SC(C)C)o2)cccc1[N+](=O)[O-]. The first-order valence-electron chi connectivity index (χ1n) is 6.89. The van der Waals surface area contributed by atoms with Crippen LogP contribution in [0.5, 0.6) is 0 Å². The van der Waals surface area contributed by atoms with Crippen LogP contribution in [0.2, 0.25) is 0 Å². The molecule has 0 fully saturated rings. The molecule has 0 radical (unpaired) electrons. The average Bonchev–Trinajstić information content (AvgIpc) is 2.91. The minimum atomic E-state index is -0.514. The van der Waals surface area contributed by atoms with Crippen molar-refractivity contribution in [1.82, 2.24) is 15.5 Å². The van der Waals surface area contributed by atoms with Crippen molar-refractivity contribution >= 4 is 23.4 Å². The van der Waals surface area contributed by atoms with Crippen LogP contribution in [-0.2, 0) is 6.54 Å². The molecule has 2 aromatic rings. The van der Waals surface area contributed by atoms with Crippen molar-refractivity contribution in [3.05, 3.63) is 45.3 Å². The van der Waals surface area contributed by atoms with E-state index < -0.39 is 10.8 Å². The molecule has 0 spiro atoms. The Morgan fingerprint density at radius 2 is 2.17 bits per heavy atom. The van der Waals surface area contributed by atoms with Crippen LogP contribution in [0.3, 0.4) is 0 Å². The van der Waals surface area contributed by atoms with Crippen LogP contribution in [-0.4, -0.2) is 26.3 Å². The summed E-state index contributed by atoms with van der Waals surface area (Å²) in [6.45, 7) is 5.60. The van der Waals surface area contributed by atoms with E-state index in [0.29, 0.717) is 16.0 Å². The number of aromatic nitrogens is 2. The van der Waals surface area contributed by atoms with Gasteiger partial charge in [0.1, 0.15) is 0 Å². The van der Waals surface area contributed by atoms with Gasteiger partial charge >= 0.3 is 0 Å². The van der Waals surface area contributed by atoms with Crippen LogP contribution in [0.25, 0.3) is 0 Å². The number of amides is 1. The lowest BCUT2D eigenvalue weighted by molar-refractivity contribution is -0.385. The van der Waals surface area contributed by atoms with Crippen molar-refractivity contribution in [2.75, 3.05) is 0 Å². The maximum atomic E-state index is 12.2. The monoisotopic (exact) mass is 336 g/mol. The number of nitrogens with one attached hydrogen (secondary N) is 1. The number of rotatable bonds is 6. The summed E-state index contributed by atoms with van der Waals surface area (Å²) in [5.41, 5.74) is 0.470. The lowest BCUT2D eigenvalue weighted by Crippen LogP contribution is -2.24. The van der Waals surface area contributed by atoms with Gasteiger partial charge in [0.05, 0.1) is 11.5 Å². The van der Waals surface area contributed by atoms with Gasteiger partial charge in [-0.3, -0.25) is 14.9 Å². The summed E-state index contributed by atoms with van der Waals surface area (Å²) in [6.07, 6.45) is 0. The Morgan fingerprint density at radius 1 is 1.43 bits per heavy atom. The van der Waals surface area contributed by atoms with Gasteiger partial charge in [0.25, 0.3) is 16.8 Å². The van der Waals surface area contributed by atoms with Crippen LogP contribution in [0, 0.1) is 17.0 Å². The van der Waals surface area contributed by atoms with E-state index in [1.165, 1.54) is 36.9 Å². The summed E-state index contributed by atoms with van der Waals surface area (Å²) in [4.78, 5) is 22.6. The van der Waals surface area contributed by atoms with E-state index in [9.17, 15) is 14.9 Å². The average molecular weight is 336 g/mol. The molecule has 1 aromatic heterocycles. The molecule has 122 valence electrons. The van der Waals surface area contributed by atoms with E-state index in [0.717, 1.165) is 0 Å². The highest BCUT2D eigenvalue weighted by atomic mass is 32.2. The number of carbonyl (C=O) groups excluding carboxylic acids is 1. The normalized spacial score (nSPS) is 10.8. The number of hydrogen-bond acceptors (Lipinski definition) is 7. The van der Waals surface area contributed by atoms with Crippen molar-refractivity contribution in [3.8, 4) is 0 Å². The summed E-state index contributed by atoms with van der Waals surface area (Å²) < 4.78 is 5.39. The molecule has 1 amide bonds. The highest BCUT2D eigenvalue weighted by Gasteiger charge is 2.18. The standard InChI is InChI=1S/C14H16N4O4S/c1-8(2)23-14-17-16-12(22-14)7-15-13(19)10-5-4-6-11(9(10)3)18(20)21/h4-6,8H,7H2,1-3H3,(H,15,19). The molecule has 1 aromatic carbocycles. The second kappa shape index (κ2) is 7.23. The summed E-state index contributed by atoms with van der Waals surface area (Å²) in [5, 5.41) is 22.0. The minimum Gasteiger partial charge on any atom is -0.414 e. The molecule has 0 aliphatic heterocycles. The Bertz CT molecular complexity index is 729. The molecule has 0 unspecified atom stereocenters. The molecular formula is C14H16N4O4S. The highest BCUT2D eigenvalue weighted by molar-refractivity contribution is 7.99. The number of benzene rings is 1. The van der Waals surface area contributed by atoms with Crippen molar-refractivity contribution < 1.29 is 14.1 Å². The van der Waals surface area contributed by atoms with Gasteiger partial charge in [0.2, 0.25) is 5.89 Å². The van der Waals surface area contributed by atoms with Crippen molar-refractivity contribution in [2.24, 2.45) is 0 Å². The van der Waals surface area contributed by atoms with E-state index in [1.807, 2.05) is 13.8 Å². The van der Waals surface area contributed by atoms with Crippen LogP contribution < -0.4 is 5.32 Å². The van der Waals surface area contributed by atoms with Gasteiger partial charge < -0.3 is 9.73 Å². The smallest absolute Gasteiger partial charge is 0.276 e. The van der Waals surface area contributed by atoms with E-state index in [-0.39, 0.29) is 23.7 Å². The third kappa shape index (κ3) is 4.28. The maximum absolute atomic E-state index is 12.2. The number of carbonyl (C=O) groups is 1. The Morgan fingerprint density at radius 3 is 2.83 bits per heavy atom. The Balaban J connectivity index is 2.04. The fourth-order valence-corrected chi connectivity index (χ4v) is 2.51. The third-order valence-corrected chi connectivity index (χ3v) is 3.77. The lowest BCUT2D eigenvalue weighted by atomic mass is 10.1. The molecule has 8 nitrogen and oxygen atoms in total. The van der Waals surface area contributed by atoms with Gasteiger partial charge in [0, 0.05) is 22.4 Å². The first kappa shape index (κ1) is 16.9. The van der Waals surface area contributed by atoms with Crippen molar-refractivity contribution in [3.63, 3.8) is 0 Å². The quantitative estimate of drug-likeness (QED) is 0.490. The fourth-order valence-electron chi connectivity index (χ4n) is 1.88. The summed E-state index contributed by atoms with van der Waals surface area (Å²) in [7, 11) is 0. The first-order valence-corrected chi connectivity index (χ1v) is 7.77. The molecule has 1 N–H and O–H groups in total. The maximum Gasteiger partial charge on any atom is 0.276 e. The number of hydrogen-bond donors (Lipinski definition) is 1. The van der Waals surface area contributed by atoms with Gasteiger partial charge in [-0.15, -0.1) is 10.2 Å². The zero-order chi connectivity index (χ0) is 17.0. The van der Waals surface area contributed by atoms with Crippen molar-refractivity contribution in [2.45, 2.75) is 37.8 Å². The topological polar surface area (TPSA) is 111 Å². The largest absolute Gasteiger partial charge is 0.414 e. The number of thioether (sulfide) groups is 1. The lowest BCUT2D eigenvalue weighted by Gasteiger charge is -2.06. The van der Waals surface area contributed by atoms with Crippen LogP contribution in [0.1, 0.15) is 35.7 Å². The Hall–Kier alpha value is -2.42.